The number of hydrogen-bond acceptors (Lipinski definition) is 5. The second-order valence-corrected chi connectivity index (χ2v) is 5.53. The van der Waals surface area contributed by atoms with Gasteiger partial charge in [-0.05, 0) is 45.6 Å². The minimum Gasteiger partial charge on any atom is -0.480 e. The van der Waals surface area contributed by atoms with E-state index in [1.165, 1.54) is 0 Å². The van der Waals surface area contributed by atoms with Crippen LogP contribution >= 0.6 is 0 Å². The molecule has 0 aromatic heterocycles. The summed E-state index contributed by atoms with van der Waals surface area (Å²) >= 11 is 0. The van der Waals surface area contributed by atoms with Crippen LogP contribution in [0, 0.1) is 5.92 Å². The lowest BCUT2D eigenvalue weighted by Crippen LogP contribution is -2.64. The van der Waals surface area contributed by atoms with E-state index in [0.717, 1.165) is 12.8 Å². The first-order chi connectivity index (χ1) is 8.27. The molecule has 104 valence electrons. The fourth-order valence-electron chi connectivity index (χ4n) is 2.95. The van der Waals surface area contributed by atoms with Gasteiger partial charge in [0.25, 0.3) is 0 Å². The lowest BCUT2D eigenvalue weighted by molar-refractivity contribution is -0.148. The van der Waals surface area contributed by atoms with Crippen molar-refractivity contribution in [2.24, 2.45) is 11.7 Å². The summed E-state index contributed by atoms with van der Waals surface area (Å²) in [6.07, 6.45) is 2.86. The molecule has 6 nitrogen and oxygen atoms in total. The predicted octanol–water partition coefficient (Wildman–Crippen LogP) is -0.638. The van der Waals surface area contributed by atoms with Gasteiger partial charge in [0, 0.05) is 6.04 Å². The van der Waals surface area contributed by atoms with Gasteiger partial charge in [-0.1, -0.05) is 6.42 Å². The predicted molar refractivity (Wildman–Crippen MR) is 69.0 cm³/mol. The van der Waals surface area contributed by atoms with Crippen LogP contribution in [0.5, 0.6) is 0 Å². The van der Waals surface area contributed by atoms with Gasteiger partial charge in [0.2, 0.25) is 0 Å². The average molecular weight is 258 g/mol. The van der Waals surface area contributed by atoms with Gasteiger partial charge in [0.1, 0.15) is 5.54 Å². The highest BCUT2D eigenvalue weighted by Crippen LogP contribution is 2.36. The van der Waals surface area contributed by atoms with Crippen LogP contribution < -0.4 is 5.73 Å². The molecule has 0 aromatic carbocycles. The molecule has 0 bridgehead atoms. The SMILES string of the molecule is CN(C)C1CC[C@@H](CCB(O)O)C[C@]1(N)C(=O)O. The van der Waals surface area contributed by atoms with Crippen LogP contribution in [0.15, 0.2) is 0 Å². The molecule has 0 aliphatic heterocycles. The molecule has 5 N–H and O–H groups in total. The Bertz CT molecular complexity index is 301. The highest BCUT2D eigenvalue weighted by Gasteiger charge is 2.47. The standard InChI is InChI=1S/C11H23BN2O4/c1-14(2)9-4-3-8(5-6-12(17)18)7-11(9,13)10(15)16/h8-9,17-18H,3-7,13H2,1-2H3,(H,15,16)/t8-,9?,11+/m0/s1. The summed E-state index contributed by atoms with van der Waals surface area (Å²) in [7, 11) is 2.36. The van der Waals surface area contributed by atoms with Crippen LogP contribution in [0.3, 0.4) is 0 Å². The molecule has 1 aliphatic rings. The first-order valence-electron chi connectivity index (χ1n) is 6.32. The van der Waals surface area contributed by atoms with Gasteiger partial charge in [0.05, 0.1) is 0 Å². The lowest BCUT2D eigenvalue weighted by atomic mass is 9.68. The van der Waals surface area contributed by atoms with Crippen LogP contribution in [0.2, 0.25) is 6.32 Å². The molecule has 7 heteroatoms. The lowest BCUT2D eigenvalue weighted by Gasteiger charge is -2.44. The smallest absolute Gasteiger partial charge is 0.451 e. The van der Waals surface area contributed by atoms with Crippen LogP contribution in [-0.4, -0.2) is 58.8 Å². The van der Waals surface area contributed by atoms with Crippen molar-refractivity contribution in [1.29, 1.82) is 0 Å². The van der Waals surface area contributed by atoms with Crippen LogP contribution in [0.4, 0.5) is 0 Å². The fourth-order valence-corrected chi connectivity index (χ4v) is 2.95. The van der Waals surface area contributed by atoms with E-state index in [-0.39, 0.29) is 18.3 Å². The maximum absolute atomic E-state index is 11.4. The topological polar surface area (TPSA) is 107 Å². The van der Waals surface area contributed by atoms with E-state index in [9.17, 15) is 9.90 Å². The van der Waals surface area contributed by atoms with Gasteiger partial charge in [-0.2, -0.15) is 0 Å². The largest absolute Gasteiger partial charge is 0.480 e. The van der Waals surface area contributed by atoms with Gasteiger partial charge >= 0.3 is 13.1 Å². The molecule has 0 amide bonds. The Morgan fingerprint density at radius 2 is 2.06 bits per heavy atom. The van der Waals surface area contributed by atoms with Crippen molar-refractivity contribution < 1.29 is 19.9 Å². The van der Waals surface area contributed by atoms with E-state index in [1.54, 1.807) is 0 Å². The minimum absolute atomic E-state index is 0.143. The van der Waals surface area contributed by atoms with Crippen molar-refractivity contribution in [1.82, 2.24) is 4.90 Å². The molecular weight excluding hydrogens is 235 g/mol. The number of rotatable bonds is 5. The molecule has 0 saturated heterocycles. The zero-order chi connectivity index (χ0) is 13.9. The monoisotopic (exact) mass is 258 g/mol. The molecule has 1 aliphatic carbocycles. The number of carbonyl (C=O) groups is 1. The number of nitrogens with zero attached hydrogens (tertiary/aromatic N) is 1. The zero-order valence-electron chi connectivity index (χ0n) is 11.0. The Labute approximate surface area is 108 Å². The molecule has 0 heterocycles. The summed E-state index contributed by atoms with van der Waals surface area (Å²) in [5.74, 6) is -0.834. The Morgan fingerprint density at radius 1 is 1.44 bits per heavy atom. The van der Waals surface area contributed by atoms with E-state index in [2.05, 4.69) is 0 Å². The molecule has 18 heavy (non-hydrogen) atoms. The van der Waals surface area contributed by atoms with Gasteiger partial charge in [-0.15, -0.1) is 0 Å². The molecule has 1 unspecified atom stereocenters. The van der Waals surface area contributed by atoms with Crippen molar-refractivity contribution in [3.05, 3.63) is 0 Å². The Hall–Kier alpha value is -0.625. The van der Waals surface area contributed by atoms with E-state index in [4.69, 9.17) is 15.8 Å². The van der Waals surface area contributed by atoms with E-state index in [1.807, 2.05) is 19.0 Å². The maximum atomic E-state index is 11.4. The first kappa shape index (κ1) is 15.4. The van der Waals surface area contributed by atoms with E-state index >= 15 is 0 Å². The van der Waals surface area contributed by atoms with Crippen molar-refractivity contribution in [3.63, 3.8) is 0 Å². The summed E-state index contributed by atoms with van der Waals surface area (Å²) in [5, 5.41) is 27.1. The molecule has 0 spiro atoms. The molecule has 3 atom stereocenters. The van der Waals surface area contributed by atoms with Crippen molar-refractivity contribution in [2.75, 3.05) is 14.1 Å². The normalized spacial score (nSPS) is 32.6. The van der Waals surface area contributed by atoms with E-state index < -0.39 is 18.6 Å². The number of hydrogen-bond donors (Lipinski definition) is 4. The molecule has 1 fully saturated rings. The third-order valence-corrected chi connectivity index (χ3v) is 3.92. The molecule has 0 aromatic rings. The first-order valence-corrected chi connectivity index (χ1v) is 6.32. The second-order valence-electron chi connectivity index (χ2n) is 5.53. The summed E-state index contributed by atoms with van der Waals surface area (Å²) in [6.45, 7) is 0. The molecule has 1 saturated carbocycles. The Balaban J connectivity index is 2.71. The minimum atomic E-state index is -1.33. The summed E-state index contributed by atoms with van der Waals surface area (Å²) in [6, 6.07) is -0.176. The number of likely N-dealkylation sites (N-methyl/N-ethyl adjacent to an activating group) is 1. The van der Waals surface area contributed by atoms with Crippen molar-refractivity contribution in [2.45, 2.75) is 43.6 Å². The Kier molecular flexibility index (Phi) is 5.15. The van der Waals surface area contributed by atoms with Crippen molar-refractivity contribution >= 4 is 13.1 Å². The highest BCUT2D eigenvalue weighted by atomic mass is 16.4. The van der Waals surface area contributed by atoms with Crippen LogP contribution in [0.1, 0.15) is 25.7 Å². The van der Waals surface area contributed by atoms with Gasteiger partial charge in [-0.3, -0.25) is 4.79 Å². The highest BCUT2D eigenvalue weighted by molar-refractivity contribution is 6.40. The molecular formula is C11H23BN2O4. The molecule has 1 rings (SSSR count). The van der Waals surface area contributed by atoms with Crippen molar-refractivity contribution in [3.8, 4) is 0 Å². The number of nitrogens with two attached hydrogens (primary N) is 1. The summed E-state index contributed by atoms with van der Waals surface area (Å²) < 4.78 is 0. The van der Waals surface area contributed by atoms with Gasteiger partial charge in [-0.25, -0.2) is 0 Å². The van der Waals surface area contributed by atoms with Gasteiger partial charge in [0.15, 0.2) is 0 Å². The summed E-state index contributed by atoms with van der Waals surface area (Å²) in [5.41, 5.74) is 4.83. The van der Waals surface area contributed by atoms with Crippen LogP contribution in [0.25, 0.3) is 0 Å². The zero-order valence-corrected chi connectivity index (χ0v) is 11.0. The third-order valence-electron chi connectivity index (χ3n) is 3.92. The quantitative estimate of drug-likeness (QED) is 0.489. The number of carboxylic acid groups (broad SMARTS) is 1. The van der Waals surface area contributed by atoms with Crippen LogP contribution in [-0.2, 0) is 4.79 Å². The Morgan fingerprint density at radius 3 is 2.50 bits per heavy atom. The van der Waals surface area contributed by atoms with Gasteiger partial charge < -0.3 is 25.8 Å². The second kappa shape index (κ2) is 6.01. The van der Waals surface area contributed by atoms with E-state index in [0.29, 0.717) is 12.8 Å². The number of carboxylic acids is 1. The third kappa shape index (κ3) is 3.44. The average Bonchev–Trinajstić information content (AvgIpc) is 2.25. The molecule has 0 radical (unpaired) electrons. The maximum Gasteiger partial charge on any atom is 0.451 e. The number of aliphatic carboxylic acids is 1. The fraction of sp³-hybridized carbons (Fsp3) is 0.909. The summed E-state index contributed by atoms with van der Waals surface area (Å²) in [4.78, 5) is 13.3.